The van der Waals surface area contributed by atoms with Gasteiger partial charge in [-0.1, -0.05) is 6.42 Å². The molecule has 1 aliphatic carbocycles. The van der Waals surface area contributed by atoms with Gasteiger partial charge in [0.1, 0.15) is 12.1 Å². The first kappa shape index (κ1) is 16.7. The highest BCUT2D eigenvalue weighted by Gasteiger charge is 2.50. The van der Waals surface area contributed by atoms with Crippen molar-refractivity contribution < 1.29 is 24.2 Å². The minimum Gasteiger partial charge on any atom is -0.480 e. The zero-order valence-corrected chi connectivity index (χ0v) is 13.8. The molecule has 0 aromatic rings. The molecule has 3 rings (SSSR count). The van der Waals surface area contributed by atoms with Crippen LogP contribution in [0, 0.1) is 11.8 Å². The number of carbonyl (C=O) groups excluding carboxylic acids is 1. The van der Waals surface area contributed by atoms with Crippen LogP contribution in [0.3, 0.4) is 0 Å². The number of hydrogen-bond donors (Lipinski definition) is 1. The van der Waals surface area contributed by atoms with Gasteiger partial charge in [-0.3, -0.25) is 4.79 Å². The van der Waals surface area contributed by atoms with E-state index in [9.17, 15) is 14.7 Å². The Morgan fingerprint density at radius 2 is 2.09 bits per heavy atom. The lowest BCUT2D eigenvalue weighted by atomic mass is 9.94. The van der Waals surface area contributed by atoms with Gasteiger partial charge >= 0.3 is 5.97 Å². The van der Waals surface area contributed by atoms with E-state index >= 15 is 0 Å². The summed E-state index contributed by atoms with van der Waals surface area (Å²) < 4.78 is 11.3. The Hall–Kier alpha value is -1.14. The third-order valence-electron chi connectivity index (χ3n) is 5.58. The molecular formula is C17H27NO5. The van der Waals surface area contributed by atoms with E-state index in [1.807, 2.05) is 0 Å². The van der Waals surface area contributed by atoms with E-state index in [1.54, 1.807) is 11.8 Å². The van der Waals surface area contributed by atoms with Crippen molar-refractivity contribution in [2.45, 2.75) is 63.7 Å². The Balaban J connectivity index is 1.56. The zero-order chi connectivity index (χ0) is 16.4. The lowest BCUT2D eigenvalue weighted by molar-refractivity contribution is -0.156. The summed E-state index contributed by atoms with van der Waals surface area (Å²) in [7, 11) is 0. The molecule has 0 aromatic carbocycles. The molecule has 2 aliphatic heterocycles. The summed E-state index contributed by atoms with van der Waals surface area (Å²) in [4.78, 5) is 25.8. The smallest absolute Gasteiger partial charge is 0.326 e. The maximum atomic E-state index is 12.7. The summed E-state index contributed by atoms with van der Waals surface area (Å²) in [5, 5.41) is 9.54. The highest BCUT2D eigenvalue weighted by atomic mass is 16.5. The van der Waals surface area contributed by atoms with Crippen molar-refractivity contribution in [3.63, 3.8) is 0 Å². The van der Waals surface area contributed by atoms with Crippen molar-refractivity contribution in [3.05, 3.63) is 0 Å². The molecule has 130 valence electrons. The molecule has 1 saturated carbocycles. The molecule has 23 heavy (non-hydrogen) atoms. The number of fused-ring (bicyclic) bond motifs is 1. The van der Waals surface area contributed by atoms with E-state index in [1.165, 1.54) is 0 Å². The average Bonchev–Trinajstić information content (AvgIpc) is 3.13. The number of carbonyl (C=O) groups is 2. The number of rotatable bonds is 5. The minimum absolute atomic E-state index is 0.0622. The summed E-state index contributed by atoms with van der Waals surface area (Å²) in [5.74, 6) is -0.613. The highest BCUT2D eigenvalue weighted by molar-refractivity contribution is 5.87. The molecule has 1 amide bonds. The standard InChI is InChI=1S/C17H27NO5/c1-11(23-10-13-6-2-3-8-22-13)16(19)18-9-12-5-4-7-14(12)15(18)17(20)21/h11-15H,2-10H2,1H3,(H,20,21). The average molecular weight is 325 g/mol. The summed E-state index contributed by atoms with van der Waals surface area (Å²) in [6.07, 6.45) is 5.65. The Kier molecular flexibility index (Phi) is 5.21. The van der Waals surface area contributed by atoms with Gasteiger partial charge < -0.3 is 19.5 Å². The van der Waals surface area contributed by atoms with Gasteiger partial charge in [-0.05, 0) is 50.9 Å². The molecule has 0 aromatic heterocycles. The summed E-state index contributed by atoms with van der Waals surface area (Å²) in [6, 6.07) is -0.674. The second-order valence-electron chi connectivity index (χ2n) is 7.09. The number of hydrogen-bond acceptors (Lipinski definition) is 4. The van der Waals surface area contributed by atoms with Gasteiger partial charge in [0, 0.05) is 13.2 Å². The molecule has 2 saturated heterocycles. The number of carboxylic acids is 1. The monoisotopic (exact) mass is 325 g/mol. The molecule has 6 nitrogen and oxygen atoms in total. The fraction of sp³-hybridized carbons (Fsp3) is 0.882. The SMILES string of the molecule is CC(OCC1CCCCO1)C(=O)N1CC2CCCC2C1C(=O)O. The van der Waals surface area contributed by atoms with Gasteiger partial charge in [0.05, 0.1) is 12.7 Å². The van der Waals surface area contributed by atoms with Crippen molar-refractivity contribution in [1.82, 2.24) is 4.90 Å². The van der Waals surface area contributed by atoms with E-state index < -0.39 is 18.1 Å². The van der Waals surface area contributed by atoms with Gasteiger partial charge in [0.25, 0.3) is 5.91 Å². The number of nitrogens with zero attached hydrogens (tertiary/aromatic N) is 1. The number of ether oxygens (including phenoxy) is 2. The first-order valence-electron chi connectivity index (χ1n) is 8.84. The first-order valence-corrected chi connectivity index (χ1v) is 8.84. The van der Waals surface area contributed by atoms with Crippen LogP contribution in [-0.4, -0.2) is 59.9 Å². The largest absolute Gasteiger partial charge is 0.480 e. The van der Waals surface area contributed by atoms with Gasteiger partial charge in [0.15, 0.2) is 0 Å². The molecule has 6 heteroatoms. The summed E-state index contributed by atoms with van der Waals surface area (Å²) >= 11 is 0. The molecule has 0 radical (unpaired) electrons. The van der Waals surface area contributed by atoms with Gasteiger partial charge in [-0.2, -0.15) is 0 Å². The van der Waals surface area contributed by atoms with Crippen LogP contribution in [0.25, 0.3) is 0 Å². The Morgan fingerprint density at radius 1 is 1.26 bits per heavy atom. The van der Waals surface area contributed by atoms with Crippen molar-refractivity contribution in [1.29, 1.82) is 0 Å². The number of amides is 1. The van der Waals surface area contributed by atoms with E-state index in [4.69, 9.17) is 9.47 Å². The first-order chi connectivity index (χ1) is 11.1. The van der Waals surface area contributed by atoms with Gasteiger partial charge in [-0.15, -0.1) is 0 Å². The van der Waals surface area contributed by atoms with Crippen LogP contribution in [0.1, 0.15) is 45.4 Å². The lowest BCUT2D eigenvalue weighted by Crippen LogP contribution is -2.47. The molecule has 0 spiro atoms. The Morgan fingerprint density at radius 3 is 2.78 bits per heavy atom. The lowest BCUT2D eigenvalue weighted by Gasteiger charge is -2.28. The predicted octanol–water partition coefficient (Wildman–Crippen LogP) is 1.67. The maximum Gasteiger partial charge on any atom is 0.326 e. The third kappa shape index (κ3) is 3.53. The van der Waals surface area contributed by atoms with Crippen molar-refractivity contribution in [2.75, 3.05) is 19.8 Å². The number of aliphatic carboxylic acids is 1. The normalized spacial score (nSPS) is 35.1. The van der Waals surface area contributed by atoms with Crippen molar-refractivity contribution in [3.8, 4) is 0 Å². The van der Waals surface area contributed by atoms with Crippen LogP contribution < -0.4 is 0 Å². The van der Waals surface area contributed by atoms with E-state index in [2.05, 4.69) is 0 Å². The van der Waals surface area contributed by atoms with Crippen LogP contribution in [-0.2, 0) is 19.1 Å². The van der Waals surface area contributed by atoms with Gasteiger partial charge in [-0.25, -0.2) is 4.79 Å². The predicted molar refractivity (Wildman–Crippen MR) is 83.0 cm³/mol. The second-order valence-corrected chi connectivity index (χ2v) is 7.09. The van der Waals surface area contributed by atoms with Gasteiger partial charge in [0.2, 0.25) is 0 Å². The fourth-order valence-electron chi connectivity index (χ4n) is 4.34. The zero-order valence-electron chi connectivity index (χ0n) is 13.8. The molecule has 0 bridgehead atoms. The minimum atomic E-state index is -0.879. The quantitative estimate of drug-likeness (QED) is 0.832. The van der Waals surface area contributed by atoms with Crippen molar-refractivity contribution >= 4 is 11.9 Å². The number of likely N-dealkylation sites (tertiary alicyclic amines) is 1. The molecule has 5 atom stereocenters. The Bertz CT molecular complexity index is 448. The van der Waals surface area contributed by atoms with E-state index in [0.717, 1.165) is 45.1 Å². The second kappa shape index (κ2) is 7.18. The molecule has 1 N–H and O–H groups in total. The number of carboxylic acid groups (broad SMARTS) is 1. The Labute approximate surface area is 137 Å². The van der Waals surface area contributed by atoms with Crippen LogP contribution in [0.15, 0.2) is 0 Å². The van der Waals surface area contributed by atoms with Crippen LogP contribution in [0.5, 0.6) is 0 Å². The topological polar surface area (TPSA) is 76.1 Å². The molecule has 3 fully saturated rings. The third-order valence-corrected chi connectivity index (χ3v) is 5.58. The maximum absolute atomic E-state index is 12.7. The molecular weight excluding hydrogens is 298 g/mol. The van der Waals surface area contributed by atoms with E-state index in [-0.39, 0.29) is 17.9 Å². The highest BCUT2D eigenvalue weighted by Crippen LogP contribution is 2.42. The summed E-state index contributed by atoms with van der Waals surface area (Å²) in [6.45, 7) is 3.45. The van der Waals surface area contributed by atoms with Crippen LogP contribution in [0.2, 0.25) is 0 Å². The van der Waals surface area contributed by atoms with Crippen molar-refractivity contribution in [2.24, 2.45) is 11.8 Å². The molecule has 2 heterocycles. The summed E-state index contributed by atoms with van der Waals surface area (Å²) in [5.41, 5.74) is 0. The fourth-order valence-corrected chi connectivity index (χ4v) is 4.34. The molecule has 5 unspecified atom stereocenters. The van der Waals surface area contributed by atoms with E-state index in [0.29, 0.717) is 19.1 Å². The van der Waals surface area contributed by atoms with Crippen LogP contribution >= 0.6 is 0 Å². The van der Waals surface area contributed by atoms with Crippen LogP contribution in [0.4, 0.5) is 0 Å². The molecule has 3 aliphatic rings.